The fraction of sp³-hybridized carbons (Fsp3) is 0.0909. The van der Waals surface area contributed by atoms with Gasteiger partial charge in [0.2, 0.25) is 0 Å². The predicted molar refractivity (Wildman–Crippen MR) is 130 cm³/mol. The zero-order valence-electron chi connectivity index (χ0n) is 16.5. The highest BCUT2D eigenvalue weighted by Crippen LogP contribution is 2.26. The maximum Gasteiger partial charge on any atom is 0.264 e. The van der Waals surface area contributed by atoms with Gasteiger partial charge in [-0.3, -0.25) is 9.10 Å². The minimum atomic E-state index is -3.97. The van der Waals surface area contributed by atoms with E-state index in [4.69, 9.17) is 0 Å². The van der Waals surface area contributed by atoms with Gasteiger partial charge in [-0.15, -0.1) is 0 Å². The number of halogens is 2. The van der Waals surface area contributed by atoms with Gasteiger partial charge >= 0.3 is 0 Å². The minimum Gasteiger partial charge on any atom is -0.271 e. The molecule has 1 N–H and O–H groups in total. The molecule has 3 aromatic rings. The van der Waals surface area contributed by atoms with E-state index in [1.165, 1.54) is 18.3 Å². The summed E-state index contributed by atoms with van der Waals surface area (Å²) in [5, 5.41) is 3.94. The van der Waals surface area contributed by atoms with Gasteiger partial charge in [-0.05, 0) is 55.0 Å². The molecule has 0 saturated heterocycles. The van der Waals surface area contributed by atoms with Crippen molar-refractivity contribution in [3.8, 4) is 0 Å². The van der Waals surface area contributed by atoms with Crippen LogP contribution < -0.4 is 9.73 Å². The topological polar surface area (TPSA) is 78.8 Å². The van der Waals surface area contributed by atoms with Crippen LogP contribution in [0, 0.1) is 6.92 Å². The van der Waals surface area contributed by atoms with Crippen molar-refractivity contribution in [1.29, 1.82) is 0 Å². The van der Waals surface area contributed by atoms with E-state index < -0.39 is 22.5 Å². The van der Waals surface area contributed by atoms with Gasteiger partial charge < -0.3 is 0 Å². The van der Waals surface area contributed by atoms with Crippen LogP contribution in [0.25, 0.3) is 0 Å². The van der Waals surface area contributed by atoms with Gasteiger partial charge in [0.05, 0.1) is 16.8 Å². The van der Waals surface area contributed by atoms with Crippen LogP contribution in [0.4, 0.5) is 5.69 Å². The van der Waals surface area contributed by atoms with Crippen LogP contribution in [-0.4, -0.2) is 27.1 Å². The molecule has 160 valence electrons. The number of anilines is 1. The summed E-state index contributed by atoms with van der Waals surface area (Å²) in [5.41, 5.74) is 4.48. The lowest BCUT2D eigenvalue weighted by atomic mass is 10.2. The Bertz CT molecular complexity index is 1210. The highest BCUT2D eigenvalue weighted by molar-refractivity contribution is 9.10. The highest BCUT2D eigenvalue weighted by Gasteiger charge is 2.27. The van der Waals surface area contributed by atoms with Crippen LogP contribution in [-0.2, 0) is 14.8 Å². The van der Waals surface area contributed by atoms with Crippen LogP contribution in [0.3, 0.4) is 0 Å². The monoisotopic (exact) mass is 563 g/mol. The molecule has 0 unspecified atom stereocenters. The molecular formula is C22H19Br2N3O3S. The minimum absolute atomic E-state index is 0.100. The maximum atomic E-state index is 13.3. The van der Waals surface area contributed by atoms with E-state index in [0.29, 0.717) is 10.2 Å². The van der Waals surface area contributed by atoms with E-state index in [2.05, 4.69) is 42.4 Å². The average Bonchev–Trinajstić information content (AvgIpc) is 2.72. The number of carbonyl (C=O) groups is 1. The lowest BCUT2D eigenvalue weighted by Gasteiger charge is -2.24. The molecular weight excluding hydrogens is 546 g/mol. The standard InChI is InChI=1S/C22H19Br2N3O3S/c1-16-8-10-21(11-9-16)31(29,30)27(20-7-3-6-19(24)13-20)15-22(28)26-25-14-17-4-2-5-18(23)12-17/h2-14H,15H2,1H3,(H,26,28)/b25-14-. The quantitative estimate of drug-likeness (QED) is 0.328. The lowest BCUT2D eigenvalue weighted by molar-refractivity contribution is -0.119. The van der Waals surface area contributed by atoms with Crippen LogP contribution in [0.5, 0.6) is 0 Å². The molecule has 9 heteroatoms. The molecule has 0 heterocycles. The summed E-state index contributed by atoms with van der Waals surface area (Å²) >= 11 is 6.72. The van der Waals surface area contributed by atoms with Crippen LogP contribution in [0.2, 0.25) is 0 Å². The molecule has 0 atom stereocenters. The van der Waals surface area contributed by atoms with Crippen molar-refractivity contribution in [1.82, 2.24) is 5.43 Å². The summed E-state index contributed by atoms with van der Waals surface area (Å²) in [5.74, 6) is -0.568. The number of sulfonamides is 1. The predicted octanol–water partition coefficient (Wildman–Crippen LogP) is 4.87. The number of hydrogen-bond donors (Lipinski definition) is 1. The Morgan fingerprint density at radius 3 is 2.29 bits per heavy atom. The molecule has 31 heavy (non-hydrogen) atoms. The molecule has 0 aromatic heterocycles. The van der Waals surface area contributed by atoms with Gasteiger partial charge in [0.1, 0.15) is 6.54 Å². The molecule has 0 saturated carbocycles. The number of hydrogen-bond acceptors (Lipinski definition) is 4. The number of nitrogens with zero attached hydrogens (tertiary/aromatic N) is 2. The normalized spacial score (nSPS) is 11.5. The number of carbonyl (C=O) groups excluding carboxylic acids is 1. The van der Waals surface area contributed by atoms with E-state index in [0.717, 1.165) is 19.9 Å². The molecule has 0 aliphatic rings. The van der Waals surface area contributed by atoms with Crippen LogP contribution in [0.15, 0.2) is 91.7 Å². The fourth-order valence-corrected chi connectivity index (χ4v) is 4.93. The summed E-state index contributed by atoms with van der Waals surface area (Å²) in [6.45, 7) is 1.45. The summed E-state index contributed by atoms with van der Waals surface area (Å²) in [7, 11) is -3.97. The molecule has 3 aromatic carbocycles. The Balaban J connectivity index is 1.84. The fourth-order valence-electron chi connectivity index (χ4n) is 2.72. The molecule has 0 radical (unpaired) electrons. The first-order chi connectivity index (χ1) is 14.8. The van der Waals surface area contributed by atoms with E-state index in [1.54, 1.807) is 36.4 Å². The van der Waals surface area contributed by atoms with Crippen molar-refractivity contribution in [3.63, 3.8) is 0 Å². The Morgan fingerprint density at radius 2 is 1.65 bits per heavy atom. The number of amides is 1. The van der Waals surface area contributed by atoms with Crippen molar-refractivity contribution in [2.75, 3.05) is 10.8 Å². The second kappa shape index (κ2) is 10.2. The van der Waals surface area contributed by atoms with E-state index in [1.807, 2.05) is 31.2 Å². The third kappa shape index (κ3) is 6.25. The van der Waals surface area contributed by atoms with Gasteiger partial charge in [0, 0.05) is 8.95 Å². The van der Waals surface area contributed by atoms with Crippen molar-refractivity contribution >= 4 is 59.7 Å². The molecule has 0 spiro atoms. The van der Waals surface area contributed by atoms with E-state index in [-0.39, 0.29) is 4.90 Å². The van der Waals surface area contributed by atoms with Gasteiger partial charge in [-0.1, -0.05) is 67.8 Å². The Morgan fingerprint density at radius 1 is 1.00 bits per heavy atom. The second-order valence-electron chi connectivity index (χ2n) is 6.65. The smallest absolute Gasteiger partial charge is 0.264 e. The van der Waals surface area contributed by atoms with E-state index in [9.17, 15) is 13.2 Å². The zero-order chi connectivity index (χ0) is 22.4. The zero-order valence-corrected chi connectivity index (χ0v) is 20.5. The molecule has 0 aliphatic carbocycles. The molecule has 6 nitrogen and oxygen atoms in total. The SMILES string of the molecule is Cc1ccc(S(=O)(=O)N(CC(=O)N/N=C\c2cccc(Br)c2)c2cccc(Br)c2)cc1. The van der Waals surface area contributed by atoms with Gasteiger partial charge in [0.25, 0.3) is 15.9 Å². The summed E-state index contributed by atoms with van der Waals surface area (Å²) in [4.78, 5) is 12.6. The molecule has 0 aliphatic heterocycles. The van der Waals surface area contributed by atoms with E-state index >= 15 is 0 Å². The highest BCUT2D eigenvalue weighted by atomic mass is 79.9. The van der Waals surface area contributed by atoms with Crippen LogP contribution in [0.1, 0.15) is 11.1 Å². The average molecular weight is 565 g/mol. The number of hydrazone groups is 1. The van der Waals surface area contributed by atoms with Crippen molar-refractivity contribution in [3.05, 3.63) is 92.9 Å². The summed E-state index contributed by atoms with van der Waals surface area (Å²) < 4.78 is 29.3. The first-order valence-corrected chi connectivity index (χ1v) is 12.2. The molecule has 0 bridgehead atoms. The van der Waals surface area contributed by atoms with Gasteiger partial charge in [-0.25, -0.2) is 13.8 Å². The largest absolute Gasteiger partial charge is 0.271 e. The molecule has 1 amide bonds. The molecule has 3 rings (SSSR count). The third-order valence-corrected chi connectivity index (χ3v) is 7.02. The maximum absolute atomic E-state index is 13.3. The van der Waals surface area contributed by atoms with Crippen molar-refractivity contribution in [2.24, 2.45) is 5.10 Å². The second-order valence-corrected chi connectivity index (χ2v) is 10.3. The first kappa shape index (κ1) is 23.2. The Hall–Kier alpha value is -2.49. The third-order valence-electron chi connectivity index (χ3n) is 4.24. The van der Waals surface area contributed by atoms with Crippen molar-refractivity contribution < 1.29 is 13.2 Å². The number of nitrogens with one attached hydrogen (secondary N) is 1. The van der Waals surface area contributed by atoms with Crippen molar-refractivity contribution in [2.45, 2.75) is 11.8 Å². The number of aryl methyl sites for hydroxylation is 1. The Labute approximate surface area is 198 Å². The number of benzene rings is 3. The Kier molecular flexibility index (Phi) is 7.64. The van der Waals surface area contributed by atoms with Gasteiger partial charge in [-0.2, -0.15) is 5.10 Å². The molecule has 0 fully saturated rings. The summed E-state index contributed by atoms with van der Waals surface area (Å²) in [6, 6.07) is 20.6. The van der Waals surface area contributed by atoms with Crippen LogP contribution >= 0.6 is 31.9 Å². The van der Waals surface area contributed by atoms with Gasteiger partial charge in [0.15, 0.2) is 0 Å². The lowest BCUT2D eigenvalue weighted by Crippen LogP contribution is -2.39. The summed E-state index contributed by atoms with van der Waals surface area (Å²) in [6.07, 6.45) is 1.49. The first-order valence-electron chi connectivity index (χ1n) is 9.18. The number of rotatable bonds is 7.